The minimum Gasteiger partial charge on any atom is -0.364 e. The Hall–Kier alpha value is -1.12. The molecule has 3 nitrogen and oxygen atoms in total. The molecule has 0 atom stereocenters. The Labute approximate surface area is 60.0 Å². The number of ketones is 1. The molecule has 0 bridgehead atoms. The van der Waals surface area contributed by atoms with Gasteiger partial charge in [0.05, 0.1) is 0 Å². The highest BCUT2D eigenvalue weighted by molar-refractivity contribution is 5.91. The van der Waals surface area contributed by atoms with Gasteiger partial charge in [0.1, 0.15) is 12.0 Å². The second-order valence-corrected chi connectivity index (χ2v) is 1.44. The van der Waals surface area contributed by atoms with E-state index in [4.69, 9.17) is 0 Å². The molecular weight excluding hydrogens is 130 g/mol. The Morgan fingerprint density at radius 1 is 1.60 bits per heavy atom. The molecular formula is C7H11NO2. The number of Topliss-reactive ketones (excluding diaryl/α,β-unsaturated/α-hetero) is 1. The van der Waals surface area contributed by atoms with Gasteiger partial charge in [-0.1, -0.05) is 19.0 Å². The first kappa shape index (κ1) is 8.88. The Balaban J connectivity index is 0.000000371. The monoisotopic (exact) mass is 141 g/mol. The second-order valence-electron chi connectivity index (χ2n) is 1.44. The van der Waals surface area contributed by atoms with Crippen LogP contribution in [0.15, 0.2) is 16.9 Å². The minimum absolute atomic E-state index is 0.0706. The van der Waals surface area contributed by atoms with Crippen LogP contribution >= 0.6 is 0 Å². The molecule has 0 radical (unpaired) electrons. The topological polar surface area (TPSA) is 43.1 Å². The SMILES string of the molecule is CC.CC(=O)c1ccon1. The standard InChI is InChI=1S/C5H5NO2.C2H6/c1-4(7)5-2-3-8-6-5;1-2/h2-3H,1H3;1-2H3. The number of hydrogen-bond donors (Lipinski definition) is 0. The zero-order chi connectivity index (χ0) is 7.98. The quantitative estimate of drug-likeness (QED) is 0.561. The third-order valence-corrected chi connectivity index (χ3v) is 0.799. The van der Waals surface area contributed by atoms with Crippen LogP contribution in [-0.4, -0.2) is 10.9 Å². The van der Waals surface area contributed by atoms with Crippen LogP contribution < -0.4 is 0 Å². The molecule has 10 heavy (non-hydrogen) atoms. The Morgan fingerprint density at radius 3 is 2.40 bits per heavy atom. The number of hydrogen-bond acceptors (Lipinski definition) is 3. The highest BCUT2D eigenvalue weighted by Crippen LogP contribution is 1.93. The summed E-state index contributed by atoms with van der Waals surface area (Å²) in [6.45, 7) is 5.44. The molecule has 0 aliphatic rings. The number of aromatic nitrogens is 1. The highest BCUT2D eigenvalue weighted by Gasteiger charge is 1.98. The van der Waals surface area contributed by atoms with Crippen molar-refractivity contribution in [2.75, 3.05) is 0 Å². The lowest BCUT2D eigenvalue weighted by molar-refractivity contribution is 0.100. The van der Waals surface area contributed by atoms with Crippen LogP contribution in [0.2, 0.25) is 0 Å². The molecule has 0 unspecified atom stereocenters. The predicted molar refractivity (Wildman–Crippen MR) is 37.9 cm³/mol. The van der Waals surface area contributed by atoms with E-state index < -0.39 is 0 Å². The molecule has 0 aromatic carbocycles. The molecule has 1 rings (SSSR count). The van der Waals surface area contributed by atoms with Gasteiger partial charge in [-0.15, -0.1) is 0 Å². The molecule has 56 valence electrons. The van der Waals surface area contributed by atoms with Gasteiger partial charge in [0.25, 0.3) is 0 Å². The van der Waals surface area contributed by atoms with Gasteiger partial charge in [0.2, 0.25) is 0 Å². The van der Waals surface area contributed by atoms with Crippen molar-refractivity contribution in [1.29, 1.82) is 0 Å². The van der Waals surface area contributed by atoms with Crippen LogP contribution in [0.3, 0.4) is 0 Å². The highest BCUT2D eigenvalue weighted by atomic mass is 16.5. The van der Waals surface area contributed by atoms with Gasteiger partial charge in [-0.05, 0) is 0 Å². The minimum atomic E-state index is -0.0706. The van der Waals surface area contributed by atoms with E-state index >= 15 is 0 Å². The summed E-state index contributed by atoms with van der Waals surface area (Å²) in [6, 6.07) is 1.53. The van der Waals surface area contributed by atoms with Crippen molar-refractivity contribution >= 4 is 5.78 Å². The third kappa shape index (κ3) is 2.44. The van der Waals surface area contributed by atoms with Gasteiger partial charge in [-0.25, -0.2) is 0 Å². The molecule has 0 saturated carbocycles. The second kappa shape index (κ2) is 4.73. The van der Waals surface area contributed by atoms with Crippen molar-refractivity contribution < 1.29 is 9.32 Å². The first-order valence-electron chi connectivity index (χ1n) is 3.22. The largest absolute Gasteiger partial charge is 0.364 e. The van der Waals surface area contributed by atoms with E-state index in [9.17, 15) is 4.79 Å². The average molecular weight is 141 g/mol. The first-order valence-corrected chi connectivity index (χ1v) is 3.22. The fourth-order valence-electron chi connectivity index (χ4n) is 0.394. The lowest BCUT2D eigenvalue weighted by Gasteiger charge is -1.76. The van der Waals surface area contributed by atoms with E-state index in [1.807, 2.05) is 13.8 Å². The summed E-state index contributed by atoms with van der Waals surface area (Å²) >= 11 is 0. The molecule has 1 aromatic rings. The molecule has 0 aliphatic heterocycles. The molecule has 0 saturated heterocycles. The van der Waals surface area contributed by atoms with Crippen molar-refractivity contribution in [3.63, 3.8) is 0 Å². The van der Waals surface area contributed by atoms with Gasteiger partial charge in [-0.2, -0.15) is 0 Å². The van der Waals surface area contributed by atoms with Gasteiger partial charge in [0, 0.05) is 13.0 Å². The van der Waals surface area contributed by atoms with Gasteiger partial charge in [-0.3, -0.25) is 4.79 Å². The maximum atomic E-state index is 10.4. The van der Waals surface area contributed by atoms with E-state index in [1.54, 1.807) is 0 Å². The summed E-state index contributed by atoms with van der Waals surface area (Å²) in [5.41, 5.74) is 0.380. The van der Waals surface area contributed by atoms with Crippen LogP contribution in [0.4, 0.5) is 0 Å². The van der Waals surface area contributed by atoms with Crippen molar-refractivity contribution in [2.24, 2.45) is 0 Å². The molecule has 3 heteroatoms. The molecule has 0 aliphatic carbocycles. The van der Waals surface area contributed by atoms with Gasteiger partial charge < -0.3 is 4.52 Å². The maximum absolute atomic E-state index is 10.4. The van der Waals surface area contributed by atoms with Crippen LogP contribution in [0.5, 0.6) is 0 Å². The Kier molecular flexibility index (Phi) is 4.20. The zero-order valence-corrected chi connectivity index (χ0v) is 6.42. The smallest absolute Gasteiger partial charge is 0.181 e. The number of rotatable bonds is 1. The summed E-state index contributed by atoms with van der Waals surface area (Å²) in [6.07, 6.45) is 1.37. The summed E-state index contributed by atoms with van der Waals surface area (Å²) < 4.78 is 4.40. The molecule has 0 N–H and O–H groups in total. The summed E-state index contributed by atoms with van der Waals surface area (Å²) in [7, 11) is 0. The number of carbonyl (C=O) groups is 1. The zero-order valence-electron chi connectivity index (χ0n) is 6.42. The van der Waals surface area contributed by atoms with Crippen LogP contribution in [0.1, 0.15) is 31.3 Å². The molecule has 1 heterocycles. The summed E-state index contributed by atoms with van der Waals surface area (Å²) in [4.78, 5) is 10.4. The average Bonchev–Trinajstić information content (AvgIpc) is 2.42. The van der Waals surface area contributed by atoms with Crippen molar-refractivity contribution in [2.45, 2.75) is 20.8 Å². The van der Waals surface area contributed by atoms with Crippen molar-refractivity contribution in [1.82, 2.24) is 5.16 Å². The van der Waals surface area contributed by atoms with E-state index in [2.05, 4.69) is 9.68 Å². The molecule has 0 amide bonds. The third-order valence-electron chi connectivity index (χ3n) is 0.799. The van der Waals surface area contributed by atoms with Crippen LogP contribution in [0, 0.1) is 0 Å². The van der Waals surface area contributed by atoms with E-state index in [1.165, 1.54) is 19.3 Å². The number of nitrogens with zero attached hydrogens (tertiary/aromatic N) is 1. The van der Waals surface area contributed by atoms with Crippen LogP contribution in [-0.2, 0) is 0 Å². The van der Waals surface area contributed by atoms with Crippen LogP contribution in [0.25, 0.3) is 0 Å². The molecule has 0 fully saturated rings. The lowest BCUT2D eigenvalue weighted by Crippen LogP contribution is -1.89. The summed E-state index contributed by atoms with van der Waals surface area (Å²) in [5, 5.41) is 3.39. The molecule has 0 spiro atoms. The lowest BCUT2D eigenvalue weighted by atomic mass is 10.3. The van der Waals surface area contributed by atoms with Gasteiger partial charge in [0.15, 0.2) is 5.78 Å². The van der Waals surface area contributed by atoms with E-state index in [-0.39, 0.29) is 5.78 Å². The van der Waals surface area contributed by atoms with E-state index in [0.717, 1.165) is 0 Å². The fourth-order valence-corrected chi connectivity index (χ4v) is 0.394. The molecule has 1 aromatic heterocycles. The normalized spacial score (nSPS) is 7.90. The fraction of sp³-hybridized carbons (Fsp3) is 0.429. The van der Waals surface area contributed by atoms with E-state index in [0.29, 0.717) is 5.69 Å². The Morgan fingerprint density at radius 2 is 2.20 bits per heavy atom. The first-order chi connectivity index (χ1) is 4.80. The predicted octanol–water partition coefficient (Wildman–Crippen LogP) is 1.90. The van der Waals surface area contributed by atoms with Gasteiger partial charge >= 0.3 is 0 Å². The van der Waals surface area contributed by atoms with Crippen molar-refractivity contribution in [3.05, 3.63) is 18.0 Å². The Bertz CT molecular complexity index is 179. The van der Waals surface area contributed by atoms with Crippen molar-refractivity contribution in [3.8, 4) is 0 Å². The summed E-state index contributed by atoms with van der Waals surface area (Å²) in [5.74, 6) is -0.0706. The number of carbonyl (C=O) groups excluding carboxylic acids is 1. The maximum Gasteiger partial charge on any atom is 0.181 e.